The number of nitrogens with two attached hydrogens (primary N) is 1. The van der Waals surface area contributed by atoms with Crippen molar-refractivity contribution in [3.63, 3.8) is 0 Å². The summed E-state index contributed by atoms with van der Waals surface area (Å²) in [6.07, 6.45) is 6.38. The Morgan fingerprint density at radius 1 is 0.946 bits per heavy atom. The van der Waals surface area contributed by atoms with E-state index in [9.17, 15) is 14.7 Å². The van der Waals surface area contributed by atoms with E-state index in [-0.39, 0.29) is 17.3 Å². The average Bonchev–Trinajstić information content (AvgIpc) is 2.86. The molecule has 1 saturated heterocycles. The Bertz CT molecular complexity index is 1210. The fraction of sp³-hybridized carbons (Fsp3) is 0.517. The van der Waals surface area contributed by atoms with Gasteiger partial charge in [0.15, 0.2) is 0 Å². The molecule has 0 radical (unpaired) electrons. The number of phenolic OH excluding ortho intramolecular Hbond substituents is 1. The van der Waals surface area contributed by atoms with Gasteiger partial charge in [-0.3, -0.25) is 4.79 Å². The van der Waals surface area contributed by atoms with E-state index >= 15 is 0 Å². The molecule has 1 heterocycles. The number of quaternary nitrogens is 1. The highest BCUT2D eigenvalue weighted by molar-refractivity contribution is 14.1. The molecular formula is C29H32I2NO5+. The van der Waals surface area contributed by atoms with Crippen molar-refractivity contribution in [2.45, 2.75) is 62.6 Å². The lowest BCUT2D eigenvalue weighted by Gasteiger charge is -2.60. The van der Waals surface area contributed by atoms with Crippen LogP contribution in [0.5, 0.6) is 5.75 Å². The first kappa shape index (κ1) is 25.9. The zero-order chi connectivity index (χ0) is 25.8. The van der Waals surface area contributed by atoms with E-state index in [1.165, 1.54) is 0 Å². The lowest BCUT2D eigenvalue weighted by atomic mass is 9.48. The Kier molecular flexibility index (Phi) is 6.75. The highest BCUT2D eigenvalue weighted by Gasteiger charge is 2.64. The fourth-order valence-electron chi connectivity index (χ4n) is 7.93. The predicted octanol–water partition coefficient (Wildman–Crippen LogP) is 4.89. The topological polar surface area (TPSA) is 89.4 Å². The molecule has 2 unspecified atom stereocenters. The van der Waals surface area contributed by atoms with Crippen LogP contribution in [0.25, 0.3) is 0 Å². The normalized spacial score (nSPS) is 31.6. The minimum Gasteiger partial charge on any atom is -0.506 e. The van der Waals surface area contributed by atoms with Crippen molar-refractivity contribution >= 4 is 57.1 Å². The third-order valence-corrected chi connectivity index (χ3v) is 10.5. The highest BCUT2D eigenvalue weighted by atomic mass is 127. The summed E-state index contributed by atoms with van der Waals surface area (Å²) >= 11 is 4.18. The van der Waals surface area contributed by atoms with Gasteiger partial charge in [-0.15, -0.1) is 0 Å². The van der Waals surface area contributed by atoms with Gasteiger partial charge in [-0.05, 0) is 107 Å². The van der Waals surface area contributed by atoms with Gasteiger partial charge in [0.25, 0.3) is 0 Å². The van der Waals surface area contributed by atoms with Gasteiger partial charge in [0, 0.05) is 22.8 Å². The van der Waals surface area contributed by atoms with Crippen LogP contribution in [0.3, 0.4) is 0 Å². The number of ether oxygens (including phenoxy) is 2. The molecule has 0 spiro atoms. The van der Waals surface area contributed by atoms with Gasteiger partial charge in [-0.1, -0.05) is 30.3 Å². The van der Waals surface area contributed by atoms with Crippen molar-refractivity contribution in [1.82, 2.24) is 0 Å². The molecule has 0 amide bonds. The summed E-state index contributed by atoms with van der Waals surface area (Å²) < 4.78 is 14.4. The zero-order valence-corrected chi connectivity index (χ0v) is 25.0. The van der Waals surface area contributed by atoms with Gasteiger partial charge in [0.1, 0.15) is 22.5 Å². The number of hydrogen-bond donors (Lipinski definition) is 2. The van der Waals surface area contributed by atoms with E-state index in [1.54, 1.807) is 6.07 Å². The van der Waals surface area contributed by atoms with Crippen molar-refractivity contribution in [2.24, 2.45) is 17.3 Å². The fourth-order valence-corrected chi connectivity index (χ4v) is 9.77. The maximum atomic E-state index is 14.2. The number of rotatable bonds is 5. The summed E-state index contributed by atoms with van der Waals surface area (Å²) in [6.45, 7) is 1.86. The molecule has 1 aliphatic heterocycles. The maximum Gasteiger partial charge on any atom is 0.342 e. The number of halogens is 2. The first-order valence-electron chi connectivity index (χ1n) is 13.2. The van der Waals surface area contributed by atoms with Crippen molar-refractivity contribution in [1.29, 1.82) is 0 Å². The number of carbonyl (C=O) groups excluding carboxylic acids is 2. The first-order chi connectivity index (χ1) is 17.7. The largest absolute Gasteiger partial charge is 0.506 e. The van der Waals surface area contributed by atoms with Gasteiger partial charge < -0.3 is 19.9 Å². The second-order valence-corrected chi connectivity index (χ2v) is 14.1. The van der Waals surface area contributed by atoms with E-state index in [2.05, 4.69) is 40.0 Å². The molecule has 37 heavy (non-hydrogen) atoms. The summed E-state index contributed by atoms with van der Waals surface area (Å²) in [7, 11) is 0. The molecule has 0 aromatic heterocycles. The Balaban J connectivity index is 1.28. The molecule has 2 atom stereocenters. The number of phenols is 1. The molecule has 4 aliphatic carbocycles. The van der Waals surface area contributed by atoms with Gasteiger partial charge >= 0.3 is 11.9 Å². The number of hydrogen-bond acceptors (Lipinski definition) is 5. The molecular weight excluding hydrogens is 696 g/mol. The quantitative estimate of drug-likeness (QED) is 0.339. The highest BCUT2D eigenvalue weighted by Crippen LogP contribution is 2.63. The van der Waals surface area contributed by atoms with Crippen LogP contribution in [-0.4, -0.2) is 35.7 Å². The Hall–Kier alpha value is -1.40. The summed E-state index contributed by atoms with van der Waals surface area (Å²) in [5.74, 6) is 0.0448. The van der Waals surface area contributed by atoms with Crippen LogP contribution in [0.4, 0.5) is 0 Å². The molecule has 4 bridgehead atoms. The van der Waals surface area contributed by atoms with Gasteiger partial charge in [0.2, 0.25) is 0 Å². The summed E-state index contributed by atoms with van der Waals surface area (Å²) in [4.78, 5) is 27.5. The summed E-state index contributed by atoms with van der Waals surface area (Å²) in [5, 5.41) is 12.9. The number of piperidine rings is 1. The SMILES string of the molecule is O=C(OC12CC3CC(C1)CC(C(=O)OC1(c4ccccc4)CC[NH2+]CC1)(C3)C2)c1cc(I)cc(I)c1O. The molecule has 7 rings (SSSR count). The second-order valence-electron chi connectivity index (χ2n) is 11.7. The Morgan fingerprint density at radius 2 is 1.62 bits per heavy atom. The molecule has 3 N–H and O–H groups in total. The minimum absolute atomic E-state index is 0.0382. The van der Waals surface area contributed by atoms with Crippen LogP contribution >= 0.6 is 45.2 Å². The van der Waals surface area contributed by atoms with Crippen molar-refractivity contribution in [3.05, 3.63) is 60.7 Å². The van der Waals surface area contributed by atoms with Crippen LogP contribution in [0.2, 0.25) is 0 Å². The van der Waals surface area contributed by atoms with Crippen molar-refractivity contribution < 1.29 is 29.5 Å². The van der Waals surface area contributed by atoms with Crippen LogP contribution in [0, 0.1) is 24.4 Å². The zero-order valence-electron chi connectivity index (χ0n) is 20.7. The van der Waals surface area contributed by atoms with Gasteiger partial charge in [-0.2, -0.15) is 0 Å². The van der Waals surface area contributed by atoms with E-state index in [0.29, 0.717) is 21.8 Å². The third-order valence-electron chi connectivity index (χ3n) is 9.09. The number of carbonyl (C=O) groups is 2. The van der Waals surface area contributed by atoms with E-state index < -0.39 is 22.6 Å². The van der Waals surface area contributed by atoms with Crippen LogP contribution < -0.4 is 5.32 Å². The molecule has 5 fully saturated rings. The molecule has 8 heteroatoms. The predicted molar refractivity (Wildman–Crippen MR) is 154 cm³/mol. The third kappa shape index (κ3) is 4.68. The van der Waals surface area contributed by atoms with E-state index in [4.69, 9.17) is 9.47 Å². The van der Waals surface area contributed by atoms with Crippen molar-refractivity contribution in [2.75, 3.05) is 13.1 Å². The second kappa shape index (κ2) is 9.66. The summed E-state index contributed by atoms with van der Waals surface area (Å²) in [6, 6.07) is 13.7. The summed E-state index contributed by atoms with van der Waals surface area (Å²) in [5.41, 5.74) is -0.617. The molecule has 6 nitrogen and oxygen atoms in total. The van der Waals surface area contributed by atoms with E-state index in [1.807, 2.05) is 46.9 Å². The monoisotopic (exact) mass is 728 g/mol. The molecule has 196 valence electrons. The Morgan fingerprint density at radius 3 is 2.30 bits per heavy atom. The molecule has 2 aromatic rings. The van der Waals surface area contributed by atoms with Crippen LogP contribution in [-0.2, 0) is 19.9 Å². The lowest BCUT2D eigenvalue weighted by Crippen LogP contribution is -2.87. The number of benzene rings is 2. The molecule has 2 aromatic carbocycles. The minimum atomic E-state index is -0.681. The molecule has 5 aliphatic rings. The smallest absolute Gasteiger partial charge is 0.342 e. The van der Waals surface area contributed by atoms with Crippen LogP contribution in [0.15, 0.2) is 42.5 Å². The van der Waals surface area contributed by atoms with Crippen molar-refractivity contribution in [3.8, 4) is 5.75 Å². The van der Waals surface area contributed by atoms with Gasteiger partial charge in [0.05, 0.1) is 22.1 Å². The number of esters is 2. The van der Waals surface area contributed by atoms with Crippen LogP contribution in [0.1, 0.15) is 67.3 Å². The average molecular weight is 728 g/mol. The first-order valence-corrected chi connectivity index (χ1v) is 15.4. The lowest BCUT2D eigenvalue weighted by molar-refractivity contribution is -0.668. The van der Waals surface area contributed by atoms with Gasteiger partial charge in [-0.25, -0.2) is 4.79 Å². The number of aromatic hydroxyl groups is 1. The van der Waals surface area contributed by atoms with E-state index in [0.717, 1.165) is 67.2 Å². The molecule has 4 saturated carbocycles. The Labute approximate surface area is 244 Å². The standard InChI is InChI=1S/C29H31I2NO5/c30-21-11-22(24(33)23(31)12-21)25(34)36-28-15-18-10-19(16-28)14-27(13-18,17-28)26(35)37-29(6-8-32-9-7-29)20-4-2-1-3-5-20/h1-5,11-12,18-19,32-33H,6-10,13-17H2/p+1. The maximum absolute atomic E-state index is 14.2.